The number of nitrogens with one attached hydrogen (secondary N) is 1. The monoisotopic (exact) mass is 426 g/mol. The molecule has 8 heteroatoms. The lowest BCUT2D eigenvalue weighted by Gasteiger charge is -2.36. The minimum atomic E-state index is -0.376. The number of rotatable bonds is 9. The van der Waals surface area contributed by atoms with E-state index in [0.717, 1.165) is 24.3 Å². The van der Waals surface area contributed by atoms with Crippen molar-refractivity contribution in [3.8, 4) is 5.75 Å². The molecule has 166 valence electrons. The summed E-state index contributed by atoms with van der Waals surface area (Å²) in [6, 6.07) is 12.4. The van der Waals surface area contributed by atoms with Gasteiger partial charge in [-0.2, -0.15) is 0 Å². The molecule has 0 bridgehead atoms. The van der Waals surface area contributed by atoms with E-state index in [1.165, 1.54) is 6.07 Å². The molecule has 0 aliphatic carbocycles. The molecule has 1 saturated heterocycles. The molecule has 1 fully saturated rings. The summed E-state index contributed by atoms with van der Waals surface area (Å²) in [5, 5.41) is 14.3. The second-order valence-electron chi connectivity index (χ2n) is 7.49. The van der Waals surface area contributed by atoms with Crippen LogP contribution >= 0.6 is 0 Å². The summed E-state index contributed by atoms with van der Waals surface area (Å²) in [4.78, 5) is 27.7. The highest BCUT2D eigenvalue weighted by Crippen LogP contribution is 2.30. The number of hydrogen-bond acceptors (Lipinski definition) is 6. The van der Waals surface area contributed by atoms with Gasteiger partial charge in [0.15, 0.2) is 0 Å². The lowest BCUT2D eigenvalue weighted by Crippen LogP contribution is -2.48. The zero-order valence-electron chi connectivity index (χ0n) is 18.2. The molecular formula is C23H30N4O4. The van der Waals surface area contributed by atoms with Crippen LogP contribution < -0.4 is 15.0 Å². The summed E-state index contributed by atoms with van der Waals surface area (Å²) in [6.45, 7) is 7.86. The van der Waals surface area contributed by atoms with Crippen LogP contribution in [0.1, 0.15) is 37.0 Å². The van der Waals surface area contributed by atoms with Gasteiger partial charge in [-0.15, -0.1) is 0 Å². The van der Waals surface area contributed by atoms with Crippen LogP contribution in [0.25, 0.3) is 0 Å². The Kier molecular flexibility index (Phi) is 7.70. The van der Waals surface area contributed by atoms with Crippen LogP contribution in [0.3, 0.4) is 0 Å². The van der Waals surface area contributed by atoms with Gasteiger partial charge in [0.2, 0.25) is 0 Å². The van der Waals surface area contributed by atoms with Gasteiger partial charge < -0.3 is 19.9 Å². The summed E-state index contributed by atoms with van der Waals surface area (Å²) < 4.78 is 5.66. The van der Waals surface area contributed by atoms with E-state index in [1.54, 1.807) is 6.07 Å². The zero-order valence-corrected chi connectivity index (χ0v) is 18.2. The fourth-order valence-electron chi connectivity index (χ4n) is 3.59. The summed E-state index contributed by atoms with van der Waals surface area (Å²) >= 11 is 0. The number of amides is 1. The third-order valence-corrected chi connectivity index (χ3v) is 5.34. The number of nitrogens with zero attached hydrogens (tertiary/aromatic N) is 3. The second kappa shape index (κ2) is 10.7. The maximum atomic E-state index is 12.9. The Morgan fingerprint density at radius 2 is 1.81 bits per heavy atom. The third-order valence-electron chi connectivity index (χ3n) is 5.34. The normalized spacial score (nSPS) is 13.7. The van der Waals surface area contributed by atoms with Crippen molar-refractivity contribution in [3.63, 3.8) is 0 Å². The van der Waals surface area contributed by atoms with Gasteiger partial charge in [-0.1, -0.05) is 13.3 Å². The van der Waals surface area contributed by atoms with Gasteiger partial charge in [-0.05, 0) is 49.7 Å². The molecule has 0 saturated carbocycles. The number of nitro benzene ring substituents is 1. The van der Waals surface area contributed by atoms with Crippen molar-refractivity contribution < 1.29 is 14.5 Å². The Morgan fingerprint density at radius 1 is 1.10 bits per heavy atom. The summed E-state index contributed by atoms with van der Waals surface area (Å²) in [5.74, 6) is 0.793. The van der Waals surface area contributed by atoms with E-state index >= 15 is 0 Å². The lowest BCUT2D eigenvalue weighted by molar-refractivity contribution is -0.383. The van der Waals surface area contributed by atoms with Gasteiger partial charge in [-0.3, -0.25) is 14.9 Å². The van der Waals surface area contributed by atoms with Crippen molar-refractivity contribution in [2.24, 2.45) is 0 Å². The molecule has 2 aromatic rings. The highest BCUT2D eigenvalue weighted by Gasteiger charge is 2.24. The van der Waals surface area contributed by atoms with Gasteiger partial charge >= 0.3 is 0 Å². The fraction of sp³-hybridized carbons (Fsp3) is 0.435. The molecule has 1 N–H and O–H groups in total. The molecule has 3 rings (SSSR count). The fourth-order valence-corrected chi connectivity index (χ4v) is 3.59. The number of benzene rings is 2. The first kappa shape index (κ1) is 22.4. The molecule has 1 aliphatic heterocycles. The van der Waals surface area contributed by atoms with E-state index in [1.807, 2.05) is 42.2 Å². The second-order valence-corrected chi connectivity index (χ2v) is 7.49. The number of hydrogen-bond donors (Lipinski definition) is 1. The predicted molar refractivity (Wildman–Crippen MR) is 122 cm³/mol. The standard InChI is InChI=1S/C23H30N4O4/c1-3-5-16-31-20-9-6-18(7-10-20)23(28)26-14-12-25(13-15-26)19-8-11-22(27(29)30)21(17-19)24-4-2/h6-11,17,24H,3-5,12-16H2,1-2H3. The number of carbonyl (C=O) groups is 1. The van der Waals surface area contributed by atoms with E-state index in [2.05, 4.69) is 17.1 Å². The predicted octanol–water partition coefficient (Wildman–Crippen LogP) is 4.17. The molecule has 2 aromatic carbocycles. The summed E-state index contributed by atoms with van der Waals surface area (Å²) in [5.41, 5.74) is 2.16. The average Bonchev–Trinajstić information content (AvgIpc) is 2.79. The van der Waals surface area contributed by atoms with Crippen LogP contribution in [0.5, 0.6) is 5.75 Å². The van der Waals surface area contributed by atoms with E-state index in [9.17, 15) is 14.9 Å². The van der Waals surface area contributed by atoms with E-state index in [0.29, 0.717) is 50.6 Å². The van der Waals surface area contributed by atoms with Crippen LogP contribution in [0.15, 0.2) is 42.5 Å². The maximum Gasteiger partial charge on any atom is 0.292 e. The van der Waals surface area contributed by atoms with Gasteiger partial charge in [0.1, 0.15) is 11.4 Å². The molecule has 8 nitrogen and oxygen atoms in total. The van der Waals surface area contributed by atoms with Crippen molar-refractivity contribution in [2.75, 3.05) is 49.5 Å². The molecule has 31 heavy (non-hydrogen) atoms. The molecule has 1 heterocycles. The highest BCUT2D eigenvalue weighted by molar-refractivity contribution is 5.94. The molecule has 0 radical (unpaired) electrons. The molecule has 0 unspecified atom stereocenters. The zero-order chi connectivity index (χ0) is 22.2. The van der Waals surface area contributed by atoms with Crippen LogP contribution in [-0.2, 0) is 0 Å². The van der Waals surface area contributed by atoms with Crippen molar-refractivity contribution >= 4 is 23.0 Å². The Balaban J connectivity index is 1.59. The Morgan fingerprint density at radius 3 is 2.42 bits per heavy atom. The number of anilines is 2. The van der Waals surface area contributed by atoms with Crippen LogP contribution in [0.4, 0.5) is 17.1 Å². The number of ether oxygens (including phenoxy) is 1. The van der Waals surface area contributed by atoms with Crippen molar-refractivity contribution in [3.05, 3.63) is 58.1 Å². The van der Waals surface area contributed by atoms with Crippen LogP contribution in [0, 0.1) is 10.1 Å². The van der Waals surface area contributed by atoms with Gasteiger partial charge in [0.25, 0.3) is 11.6 Å². The van der Waals surface area contributed by atoms with E-state index in [4.69, 9.17) is 4.74 Å². The van der Waals surface area contributed by atoms with Crippen molar-refractivity contribution in [1.82, 2.24) is 4.90 Å². The van der Waals surface area contributed by atoms with Gasteiger partial charge in [0.05, 0.1) is 11.5 Å². The number of piperazine rings is 1. The minimum absolute atomic E-state index is 0.0109. The van der Waals surface area contributed by atoms with E-state index in [-0.39, 0.29) is 16.5 Å². The van der Waals surface area contributed by atoms with E-state index < -0.39 is 0 Å². The largest absolute Gasteiger partial charge is 0.494 e. The molecular weight excluding hydrogens is 396 g/mol. The molecule has 0 atom stereocenters. The van der Waals surface area contributed by atoms with Crippen molar-refractivity contribution in [1.29, 1.82) is 0 Å². The average molecular weight is 427 g/mol. The SMILES string of the molecule is CCCCOc1ccc(C(=O)N2CCN(c3ccc([N+](=O)[O-])c(NCC)c3)CC2)cc1. The van der Waals surface area contributed by atoms with Gasteiger partial charge in [0, 0.05) is 50.0 Å². The molecule has 1 aliphatic rings. The topological polar surface area (TPSA) is 88.0 Å². The Hall–Kier alpha value is -3.29. The van der Waals surface area contributed by atoms with Crippen LogP contribution in [0.2, 0.25) is 0 Å². The maximum absolute atomic E-state index is 12.9. The lowest BCUT2D eigenvalue weighted by atomic mass is 10.1. The molecule has 0 spiro atoms. The van der Waals surface area contributed by atoms with Crippen molar-refractivity contribution in [2.45, 2.75) is 26.7 Å². The first-order chi connectivity index (χ1) is 15.0. The Labute approximate surface area is 182 Å². The summed E-state index contributed by atoms with van der Waals surface area (Å²) in [7, 11) is 0. The molecule has 1 amide bonds. The Bertz CT molecular complexity index is 893. The number of unbranched alkanes of at least 4 members (excludes halogenated alkanes) is 1. The van der Waals surface area contributed by atoms with Gasteiger partial charge in [-0.25, -0.2) is 0 Å². The quantitative estimate of drug-likeness (QED) is 0.368. The number of nitro groups is 1. The first-order valence-electron chi connectivity index (χ1n) is 10.8. The number of carbonyl (C=O) groups excluding carboxylic acids is 1. The molecule has 0 aromatic heterocycles. The summed E-state index contributed by atoms with van der Waals surface area (Å²) in [6.07, 6.45) is 2.09. The third kappa shape index (κ3) is 5.65. The highest BCUT2D eigenvalue weighted by atomic mass is 16.6. The van der Waals surface area contributed by atoms with Crippen LogP contribution in [-0.4, -0.2) is 55.1 Å². The smallest absolute Gasteiger partial charge is 0.292 e. The minimum Gasteiger partial charge on any atom is -0.494 e. The first-order valence-corrected chi connectivity index (χ1v) is 10.8.